The lowest BCUT2D eigenvalue weighted by Gasteiger charge is -2.18. The number of benzene rings is 2. The topological polar surface area (TPSA) is 18.5 Å². The molecule has 20 heavy (non-hydrogen) atoms. The van der Waals surface area contributed by atoms with E-state index >= 15 is 0 Å². The Morgan fingerprint density at radius 1 is 1.00 bits per heavy atom. The van der Waals surface area contributed by atoms with Gasteiger partial charge in [0.1, 0.15) is 0 Å². The number of nitrogens with one attached hydrogen (secondary N) is 1. The summed E-state index contributed by atoms with van der Waals surface area (Å²) in [6.45, 7) is 2.10. The maximum atomic E-state index is 3.54. The first kappa shape index (κ1) is 13.0. The Morgan fingerprint density at radius 2 is 1.75 bits per heavy atom. The minimum Gasteiger partial charge on any atom is -0.376 e. The lowest BCUT2D eigenvalue weighted by atomic mass is 10.1. The maximum Gasteiger partial charge on any atom is 0.0621 e. The van der Waals surface area contributed by atoms with Crippen LogP contribution in [0.5, 0.6) is 0 Å². The largest absolute Gasteiger partial charge is 0.376 e. The molecule has 1 N–H and O–H groups in total. The van der Waals surface area contributed by atoms with Gasteiger partial charge in [0.25, 0.3) is 0 Å². The molecule has 0 aliphatic carbocycles. The van der Waals surface area contributed by atoms with Crippen LogP contribution in [0.3, 0.4) is 0 Å². The highest BCUT2D eigenvalue weighted by Crippen LogP contribution is 2.30. The minimum absolute atomic E-state index is 1.04. The second kappa shape index (κ2) is 5.17. The molecule has 0 spiro atoms. The second-order valence-electron chi connectivity index (χ2n) is 5.69. The maximum absolute atomic E-state index is 3.54. The molecule has 3 rings (SSSR count). The van der Waals surface area contributed by atoms with Crippen LogP contribution in [0.2, 0.25) is 0 Å². The Hall–Kier alpha value is -2.00. The molecule has 104 valence electrons. The number of anilines is 3. The number of rotatable bonds is 3. The van der Waals surface area contributed by atoms with Crippen LogP contribution in [0.25, 0.3) is 0 Å². The van der Waals surface area contributed by atoms with Crippen LogP contribution in [0.1, 0.15) is 11.1 Å². The van der Waals surface area contributed by atoms with E-state index in [4.69, 9.17) is 0 Å². The molecule has 0 bridgehead atoms. The molecule has 2 aromatic rings. The Balaban J connectivity index is 1.88. The van der Waals surface area contributed by atoms with Crippen LogP contribution in [0.4, 0.5) is 17.1 Å². The monoisotopic (exact) mass is 267 g/mol. The number of hydrogen-bond acceptors (Lipinski definition) is 3. The van der Waals surface area contributed by atoms with E-state index in [0.29, 0.717) is 0 Å². The van der Waals surface area contributed by atoms with Crippen molar-refractivity contribution in [1.29, 1.82) is 0 Å². The van der Waals surface area contributed by atoms with Gasteiger partial charge in [-0.3, -0.25) is 4.90 Å². The summed E-state index contributed by atoms with van der Waals surface area (Å²) < 4.78 is 0. The summed E-state index contributed by atoms with van der Waals surface area (Å²) in [5.41, 5.74) is 6.38. The summed E-state index contributed by atoms with van der Waals surface area (Å²) in [6.07, 6.45) is 0. The number of hydrogen-bond donors (Lipinski definition) is 1. The molecule has 1 heterocycles. The van der Waals surface area contributed by atoms with Crippen molar-refractivity contribution in [1.82, 2.24) is 4.90 Å². The molecule has 0 radical (unpaired) electrons. The lowest BCUT2D eigenvalue weighted by molar-refractivity contribution is 0.353. The third kappa shape index (κ3) is 2.49. The summed E-state index contributed by atoms with van der Waals surface area (Å²) in [7, 11) is 6.30. The van der Waals surface area contributed by atoms with Crippen molar-refractivity contribution in [3.8, 4) is 0 Å². The lowest BCUT2D eigenvalue weighted by Crippen LogP contribution is -2.10. The molecule has 2 aromatic carbocycles. The van der Waals surface area contributed by atoms with Crippen LogP contribution in [0, 0.1) is 0 Å². The van der Waals surface area contributed by atoms with E-state index < -0.39 is 0 Å². The fourth-order valence-corrected chi connectivity index (χ4v) is 2.77. The molecule has 0 unspecified atom stereocenters. The quantitative estimate of drug-likeness (QED) is 0.919. The van der Waals surface area contributed by atoms with Gasteiger partial charge < -0.3 is 10.2 Å². The predicted octanol–water partition coefficient (Wildman–Crippen LogP) is 3.44. The van der Waals surface area contributed by atoms with Gasteiger partial charge in [-0.2, -0.15) is 0 Å². The van der Waals surface area contributed by atoms with Gasteiger partial charge >= 0.3 is 0 Å². The first-order valence-electron chi connectivity index (χ1n) is 6.97. The first-order chi connectivity index (χ1) is 9.63. The average molecular weight is 267 g/mol. The highest BCUT2D eigenvalue weighted by molar-refractivity contribution is 5.75. The van der Waals surface area contributed by atoms with E-state index in [9.17, 15) is 0 Å². The zero-order valence-electron chi connectivity index (χ0n) is 12.4. The van der Waals surface area contributed by atoms with Gasteiger partial charge in [0.05, 0.1) is 11.4 Å². The first-order valence-corrected chi connectivity index (χ1v) is 6.97. The van der Waals surface area contributed by atoms with Crippen molar-refractivity contribution in [3.05, 3.63) is 53.6 Å². The van der Waals surface area contributed by atoms with Crippen molar-refractivity contribution < 1.29 is 0 Å². The predicted molar refractivity (Wildman–Crippen MR) is 85.7 cm³/mol. The molecule has 1 aliphatic rings. The fraction of sp³-hybridized carbons (Fsp3) is 0.294. The minimum atomic E-state index is 1.04. The molecule has 1 aliphatic heterocycles. The standard InChI is InChI=1S/C17H21N3/c1-19(2)17-7-5-4-6-16(17)18-15-9-8-13-11-20(3)12-14(13)10-15/h4-10,18H,11-12H2,1-3H3. The molecule has 3 nitrogen and oxygen atoms in total. The Bertz CT molecular complexity index is 619. The van der Waals surface area contributed by atoms with Crippen LogP contribution >= 0.6 is 0 Å². The third-order valence-electron chi connectivity index (χ3n) is 3.75. The fourth-order valence-electron chi connectivity index (χ4n) is 2.77. The molecule has 0 saturated carbocycles. The van der Waals surface area contributed by atoms with Gasteiger partial charge in [-0.1, -0.05) is 18.2 Å². The molecular formula is C17H21N3. The van der Waals surface area contributed by atoms with Crippen LogP contribution < -0.4 is 10.2 Å². The van der Waals surface area contributed by atoms with Crippen molar-refractivity contribution in [2.75, 3.05) is 31.4 Å². The SMILES string of the molecule is CN1Cc2ccc(Nc3ccccc3N(C)C)cc2C1. The number of nitrogens with zero attached hydrogens (tertiary/aromatic N) is 2. The molecule has 0 fully saturated rings. The third-order valence-corrected chi connectivity index (χ3v) is 3.75. The van der Waals surface area contributed by atoms with Crippen molar-refractivity contribution in [2.45, 2.75) is 13.1 Å². The highest BCUT2D eigenvalue weighted by atomic mass is 15.1. The van der Waals surface area contributed by atoms with Gasteiger partial charge in [-0.05, 0) is 42.4 Å². The molecular weight excluding hydrogens is 246 g/mol. The number of fused-ring (bicyclic) bond motifs is 1. The Morgan fingerprint density at radius 3 is 2.55 bits per heavy atom. The second-order valence-corrected chi connectivity index (χ2v) is 5.69. The van der Waals surface area contributed by atoms with Crippen LogP contribution in [-0.4, -0.2) is 26.0 Å². The van der Waals surface area contributed by atoms with Gasteiger partial charge in [-0.15, -0.1) is 0 Å². The van der Waals surface area contributed by atoms with E-state index in [-0.39, 0.29) is 0 Å². The highest BCUT2D eigenvalue weighted by Gasteiger charge is 2.15. The van der Waals surface area contributed by atoms with E-state index in [1.54, 1.807) is 0 Å². The number of para-hydroxylation sites is 2. The van der Waals surface area contributed by atoms with Gasteiger partial charge in [0.2, 0.25) is 0 Å². The van der Waals surface area contributed by atoms with E-state index in [1.165, 1.54) is 16.8 Å². The van der Waals surface area contributed by atoms with E-state index in [1.807, 2.05) is 0 Å². The zero-order valence-corrected chi connectivity index (χ0v) is 12.4. The molecule has 3 heteroatoms. The summed E-state index contributed by atoms with van der Waals surface area (Å²) >= 11 is 0. The van der Waals surface area contributed by atoms with E-state index in [0.717, 1.165) is 24.5 Å². The van der Waals surface area contributed by atoms with E-state index in [2.05, 4.69) is 78.7 Å². The summed E-state index contributed by atoms with van der Waals surface area (Å²) in [6, 6.07) is 15.1. The summed E-state index contributed by atoms with van der Waals surface area (Å²) in [4.78, 5) is 4.46. The Labute approximate surface area is 120 Å². The van der Waals surface area contributed by atoms with Crippen LogP contribution in [0.15, 0.2) is 42.5 Å². The van der Waals surface area contributed by atoms with Gasteiger partial charge in [-0.25, -0.2) is 0 Å². The summed E-state index contributed by atoms with van der Waals surface area (Å²) in [5, 5.41) is 3.54. The molecule has 0 atom stereocenters. The molecule has 0 aromatic heterocycles. The van der Waals surface area contributed by atoms with Crippen molar-refractivity contribution in [3.63, 3.8) is 0 Å². The molecule has 0 amide bonds. The summed E-state index contributed by atoms with van der Waals surface area (Å²) in [5.74, 6) is 0. The van der Waals surface area contributed by atoms with Crippen molar-refractivity contribution in [2.24, 2.45) is 0 Å². The molecule has 0 saturated heterocycles. The average Bonchev–Trinajstić information content (AvgIpc) is 2.78. The van der Waals surface area contributed by atoms with Crippen LogP contribution in [-0.2, 0) is 13.1 Å². The zero-order chi connectivity index (χ0) is 14.1. The Kier molecular flexibility index (Phi) is 3.36. The van der Waals surface area contributed by atoms with Gasteiger partial charge in [0.15, 0.2) is 0 Å². The smallest absolute Gasteiger partial charge is 0.0621 e. The van der Waals surface area contributed by atoms with Crippen molar-refractivity contribution >= 4 is 17.1 Å². The van der Waals surface area contributed by atoms with Gasteiger partial charge in [0, 0.05) is 32.9 Å². The normalized spacial score (nSPS) is 14.2.